The largest absolute Gasteiger partial charge is 0.450 e. The molecule has 0 aliphatic carbocycles. The lowest BCUT2D eigenvalue weighted by Crippen LogP contribution is -2.27. The van der Waals surface area contributed by atoms with Gasteiger partial charge >= 0.3 is 6.09 Å². The molecule has 0 aliphatic rings. The number of nitrogens with one attached hydrogen (secondary N) is 2. The van der Waals surface area contributed by atoms with Crippen molar-refractivity contribution in [1.82, 2.24) is 15.3 Å². The van der Waals surface area contributed by atoms with Crippen LogP contribution in [0.4, 0.5) is 13.6 Å². The number of carbonyl (C=O) groups excluding carboxylic acids is 1. The van der Waals surface area contributed by atoms with Crippen molar-refractivity contribution in [2.45, 2.75) is 26.2 Å². The minimum atomic E-state index is -0.600. The number of aromatic amines is 1. The fourth-order valence-corrected chi connectivity index (χ4v) is 2.83. The maximum Gasteiger partial charge on any atom is 0.407 e. The topological polar surface area (TPSA) is 67.0 Å². The number of hydrogen-bond donors (Lipinski definition) is 2. The second kappa shape index (κ2) is 9.82. The van der Waals surface area contributed by atoms with Crippen LogP contribution in [0.25, 0.3) is 22.4 Å². The van der Waals surface area contributed by atoms with Crippen molar-refractivity contribution < 1.29 is 18.3 Å². The number of H-pyrrole nitrogens is 1. The molecule has 0 unspecified atom stereocenters. The number of unbranched alkanes of at least 4 members (excludes halogenated alkanes) is 1. The van der Waals surface area contributed by atoms with E-state index in [2.05, 4.69) is 15.3 Å². The first-order valence-electron chi connectivity index (χ1n) is 9.57. The lowest BCUT2D eigenvalue weighted by molar-refractivity contribution is 0.144. The molecule has 0 fully saturated rings. The second-order valence-corrected chi connectivity index (χ2v) is 6.61. The van der Waals surface area contributed by atoms with Gasteiger partial charge < -0.3 is 15.0 Å². The first-order valence-corrected chi connectivity index (χ1v) is 9.57. The zero-order valence-electron chi connectivity index (χ0n) is 16.2. The van der Waals surface area contributed by atoms with Crippen LogP contribution in [0.1, 0.15) is 25.6 Å². The summed E-state index contributed by atoms with van der Waals surface area (Å²) in [6.07, 6.45) is 3.65. The summed E-state index contributed by atoms with van der Waals surface area (Å²) in [4.78, 5) is 19.0. The Balaban J connectivity index is 1.57. The van der Waals surface area contributed by atoms with Crippen molar-refractivity contribution in [1.29, 1.82) is 0 Å². The van der Waals surface area contributed by atoms with Crippen LogP contribution < -0.4 is 5.32 Å². The standard InChI is InChI=1S/C22H23F2N3O2/c1-2-3-12-29-22(28)25-11-10-21-26-14-20(27-21)16-6-4-15(5-7-16)18-9-8-17(23)13-19(18)24/h4-9,13-14H,2-3,10-12H2,1H3,(H,25,28)(H,26,27). The van der Waals surface area contributed by atoms with E-state index in [1.165, 1.54) is 12.1 Å². The van der Waals surface area contributed by atoms with Gasteiger partial charge in [0.15, 0.2) is 0 Å². The summed E-state index contributed by atoms with van der Waals surface area (Å²) < 4.78 is 32.0. The monoisotopic (exact) mass is 399 g/mol. The van der Waals surface area contributed by atoms with Crippen molar-refractivity contribution in [3.63, 3.8) is 0 Å². The van der Waals surface area contributed by atoms with Crippen LogP contribution in [-0.4, -0.2) is 29.2 Å². The van der Waals surface area contributed by atoms with Crippen LogP contribution in [0.15, 0.2) is 48.7 Å². The van der Waals surface area contributed by atoms with Crippen LogP contribution in [-0.2, 0) is 11.2 Å². The predicted octanol–water partition coefficient (Wildman–Crippen LogP) is 5.09. The van der Waals surface area contributed by atoms with Crippen molar-refractivity contribution in [2.75, 3.05) is 13.2 Å². The summed E-state index contributed by atoms with van der Waals surface area (Å²) >= 11 is 0. The molecule has 1 aromatic heterocycles. The number of imidazole rings is 1. The highest BCUT2D eigenvalue weighted by atomic mass is 19.1. The summed E-state index contributed by atoms with van der Waals surface area (Å²) in [5.41, 5.74) is 2.72. The number of amides is 1. The van der Waals surface area contributed by atoms with E-state index in [9.17, 15) is 13.6 Å². The second-order valence-electron chi connectivity index (χ2n) is 6.61. The number of carbonyl (C=O) groups is 1. The Labute approximate surface area is 168 Å². The molecule has 5 nitrogen and oxygen atoms in total. The van der Waals surface area contributed by atoms with E-state index in [0.717, 1.165) is 36.0 Å². The summed E-state index contributed by atoms with van der Waals surface area (Å²) in [6.45, 7) is 2.87. The number of benzene rings is 2. The highest BCUT2D eigenvalue weighted by Crippen LogP contribution is 2.26. The van der Waals surface area contributed by atoms with Gasteiger partial charge in [0.1, 0.15) is 17.5 Å². The lowest BCUT2D eigenvalue weighted by Gasteiger charge is -2.06. The molecule has 2 aromatic carbocycles. The molecule has 3 aromatic rings. The number of halogens is 2. The average Bonchev–Trinajstić information content (AvgIpc) is 3.17. The van der Waals surface area contributed by atoms with Crippen LogP contribution in [0.2, 0.25) is 0 Å². The third-order valence-corrected chi connectivity index (χ3v) is 4.43. The molecule has 0 saturated carbocycles. The Kier molecular flexibility index (Phi) is 6.94. The smallest absolute Gasteiger partial charge is 0.407 e. The Hall–Kier alpha value is -3.22. The van der Waals surface area contributed by atoms with E-state index in [4.69, 9.17) is 4.74 Å². The predicted molar refractivity (Wildman–Crippen MR) is 107 cm³/mol. The van der Waals surface area contributed by atoms with Crippen LogP contribution in [0.3, 0.4) is 0 Å². The van der Waals surface area contributed by atoms with Crippen LogP contribution >= 0.6 is 0 Å². The third-order valence-electron chi connectivity index (χ3n) is 4.43. The highest BCUT2D eigenvalue weighted by Gasteiger charge is 2.09. The summed E-state index contributed by atoms with van der Waals surface area (Å²) in [5.74, 6) is -0.457. The molecule has 0 atom stereocenters. The molecule has 0 spiro atoms. The van der Waals surface area contributed by atoms with Gasteiger partial charge in [-0.15, -0.1) is 0 Å². The fourth-order valence-electron chi connectivity index (χ4n) is 2.83. The van der Waals surface area contributed by atoms with E-state index in [0.29, 0.717) is 30.7 Å². The van der Waals surface area contributed by atoms with E-state index < -0.39 is 17.7 Å². The Morgan fingerprint density at radius 1 is 1.14 bits per heavy atom. The summed E-state index contributed by atoms with van der Waals surface area (Å²) in [6, 6.07) is 10.8. The molecule has 3 rings (SSSR count). The van der Waals surface area contributed by atoms with E-state index >= 15 is 0 Å². The van der Waals surface area contributed by atoms with Gasteiger partial charge in [-0.3, -0.25) is 0 Å². The molecule has 2 N–H and O–H groups in total. The van der Waals surface area contributed by atoms with Crippen molar-refractivity contribution >= 4 is 6.09 Å². The third kappa shape index (κ3) is 5.63. The number of ether oxygens (including phenoxy) is 1. The Morgan fingerprint density at radius 3 is 2.62 bits per heavy atom. The molecule has 0 saturated heterocycles. The highest BCUT2D eigenvalue weighted by molar-refractivity contribution is 5.69. The molecular formula is C22H23F2N3O2. The first kappa shape index (κ1) is 20.5. The van der Waals surface area contributed by atoms with Gasteiger partial charge in [-0.25, -0.2) is 18.6 Å². The van der Waals surface area contributed by atoms with Crippen molar-refractivity contribution in [3.05, 3.63) is 66.1 Å². The van der Waals surface area contributed by atoms with Crippen LogP contribution in [0, 0.1) is 11.6 Å². The Bertz CT molecular complexity index is 955. The van der Waals surface area contributed by atoms with Gasteiger partial charge in [-0.1, -0.05) is 37.6 Å². The number of nitrogens with zero attached hydrogens (tertiary/aromatic N) is 1. The quantitative estimate of drug-likeness (QED) is 0.519. The molecule has 0 radical (unpaired) electrons. The number of alkyl carbamates (subject to hydrolysis) is 1. The number of aromatic nitrogens is 2. The minimum absolute atomic E-state index is 0.347. The molecule has 1 heterocycles. The summed E-state index contributed by atoms with van der Waals surface area (Å²) in [7, 11) is 0. The number of hydrogen-bond acceptors (Lipinski definition) is 3. The van der Waals surface area contributed by atoms with E-state index in [1.54, 1.807) is 18.3 Å². The molecule has 0 aliphatic heterocycles. The molecular weight excluding hydrogens is 376 g/mol. The SMILES string of the molecule is CCCCOC(=O)NCCc1ncc(-c2ccc(-c3ccc(F)cc3F)cc2)[nH]1. The molecule has 29 heavy (non-hydrogen) atoms. The fraction of sp³-hybridized carbons (Fsp3) is 0.273. The van der Waals surface area contributed by atoms with Gasteiger partial charge in [0.2, 0.25) is 0 Å². The van der Waals surface area contributed by atoms with Gasteiger partial charge in [-0.05, 0) is 29.7 Å². The summed E-state index contributed by atoms with van der Waals surface area (Å²) in [5, 5.41) is 2.69. The van der Waals surface area contributed by atoms with Crippen LogP contribution in [0.5, 0.6) is 0 Å². The van der Waals surface area contributed by atoms with Crippen molar-refractivity contribution in [3.8, 4) is 22.4 Å². The molecule has 0 bridgehead atoms. The normalized spacial score (nSPS) is 10.7. The van der Waals surface area contributed by atoms with Gasteiger partial charge in [0.25, 0.3) is 0 Å². The lowest BCUT2D eigenvalue weighted by atomic mass is 10.0. The van der Waals surface area contributed by atoms with Gasteiger partial charge in [0, 0.05) is 24.6 Å². The minimum Gasteiger partial charge on any atom is -0.450 e. The zero-order chi connectivity index (χ0) is 20.6. The maximum absolute atomic E-state index is 13.9. The molecule has 7 heteroatoms. The molecule has 1 amide bonds. The van der Waals surface area contributed by atoms with E-state index in [1.807, 2.05) is 19.1 Å². The first-order chi connectivity index (χ1) is 14.1. The van der Waals surface area contributed by atoms with Gasteiger partial charge in [0.05, 0.1) is 18.5 Å². The van der Waals surface area contributed by atoms with E-state index in [-0.39, 0.29) is 0 Å². The maximum atomic E-state index is 13.9. The number of rotatable bonds is 8. The average molecular weight is 399 g/mol. The van der Waals surface area contributed by atoms with Gasteiger partial charge in [-0.2, -0.15) is 0 Å². The zero-order valence-corrected chi connectivity index (χ0v) is 16.2. The van der Waals surface area contributed by atoms with Crippen molar-refractivity contribution in [2.24, 2.45) is 0 Å². The Morgan fingerprint density at radius 2 is 1.90 bits per heavy atom. The molecule has 152 valence electrons.